The summed E-state index contributed by atoms with van der Waals surface area (Å²) in [6.07, 6.45) is 2.62. The van der Waals surface area contributed by atoms with Gasteiger partial charge in [-0.05, 0) is 37.9 Å². The molecule has 1 atom stereocenters. The molecule has 126 valence electrons. The fourth-order valence-electron chi connectivity index (χ4n) is 3.84. The summed E-state index contributed by atoms with van der Waals surface area (Å²) in [5.41, 5.74) is 1.31. The summed E-state index contributed by atoms with van der Waals surface area (Å²) in [4.78, 5) is 14.7. The number of carbonyl (C=O) groups excluding carboxylic acids is 1. The first-order valence-corrected chi connectivity index (χ1v) is 8.38. The molecular formula is C18H26N2O3. The van der Waals surface area contributed by atoms with Crippen LogP contribution in [-0.2, 0) is 20.8 Å². The number of carbonyl (C=O) groups is 1. The molecular weight excluding hydrogens is 292 g/mol. The lowest BCUT2D eigenvalue weighted by atomic mass is 9.69. The van der Waals surface area contributed by atoms with Gasteiger partial charge in [0.2, 0.25) is 5.91 Å². The van der Waals surface area contributed by atoms with Crippen LogP contribution in [-0.4, -0.2) is 50.4 Å². The standard InChI is InChI=1S/C18H26N2O3/c1-22-14-23-16-17(21)19-10-7-18(16)8-11-20(12-9-18)13-15-5-3-2-4-6-15/h2-6,16H,7-14H2,1H3,(H,19,21)/t16-/m1/s1. The highest BCUT2D eigenvalue weighted by Gasteiger charge is 2.47. The van der Waals surface area contributed by atoms with Crippen molar-refractivity contribution in [2.45, 2.75) is 31.9 Å². The van der Waals surface area contributed by atoms with Crippen LogP contribution < -0.4 is 5.32 Å². The number of hydrogen-bond acceptors (Lipinski definition) is 4. The Morgan fingerprint density at radius 1 is 1.22 bits per heavy atom. The first kappa shape index (κ1) is 16.4. The van der Waals surface area contributed by atoms with Crippen LogP contribution in [0.25, 0.3) is 0 Å². The smallest absolute Gasteiger partial charge is 0.249 e. The zero-order chi connectivity index (χ0) is 16.1. The molecule has 2 aliphatic heterocycles. The number of piperidine rings is 2. The number of hydrogen-bond donors (Lipinski definition) is 1. The van der Waals surface area contributed by atoms with Crippen LogP contribution in [0.5, 0.6) is 0 Å². The minimum atomic E-state index is -0.380. The highest BCUT2D eigenvalue weighted by molar-refractivity contribution is 5.82. The van der Waals surface area contributed by atoms with E-state index in [1.54, 1.807) is 7.11 Å². The molecule has 1 spiro atoms. The van der Waals surface area contributed by atoms with Crippen LogP contribution >= 0.6 is 0 Å². The molecule has 2 saturated heterocycles. The van der Waals surface area contributed by atoms with Crippen LogP contribution in [0.3, 0.4) is 0 Å². The predicted octanol–water partition coefficient (Wildman–Crippen LogP) is 1.78. The third-order valence-electron chi connectivity index (χ3n) is 5.17. The van der Waals surface area contributed by atoms with Crippen LogP contribution in [0.2, 0.25) is 0 Å². The lowest BCUT2D eigenvalue weighted by molar-refractivity contribution is -0.170. The predicted molar refractivity (Wildman–Crippen MR) is 87.8 cm³/mol. The lowest BCUT2D eigenvalue weighted by Crippen LogP contribution is -2.58. The van der Waals surface area contributed by atoms with Gasteiger partial charge in [0.05, 0.1) is 0 Å². The fourth-order valence-corrected chi connectivity index (χ4v) is 3.84. The molecule has 23 heavy (non-hydrogen) atoms. The second kappa shape index (κ2) is 7.43. The molecule has 0 unspecified atom stereocenters. The van der Waals surface area contributed by atoms with Crippen molar-refractivity contribution in [3.05, 3.63) is 35.9 Å². The Hall–Kier alpha value is -1.43. The number of likely N-dealkylation sites (tertiary alicyclic amines) is 1. The van der Waals surface area contributed by atoms with Gasteiger partial charge >= 0.3 is 0 Å². The zero-order valence-electron chi connectivity index (χ0n) is 13.8. The van der Waals surface area contributed by atoms with Gasteiger partial charge in [-0.15, -0.1) is 0 Å². The molecule has 0 aromatic heterocycles. The van der Waals surface area contributed by atoms with E-state index in [0.29, 0.717) is 0 Å². The molecule has 1 N–H and O–H groups in total. The summed E-state index contributed by atoms with van der Waals surface area (Å²) in [6.45, 7) is 3.93. The van der Waals surface area contributed by atoms with Crippen molar-refractivity contribution in [2.75, 3.05) is 33.5 Å². The Labute approximate surface area is 137 Å². The van der Waals surface area contributed by atoms with Crippen molar-refractivity contribution in [1.29, 1.82) is 0 Å². The Morgan fingerprint density at radius 3 is 2.65 bits per heavy atom. The maximum Gasteiger partial charge on any atom is 0.249 e. The Balaban J connectivity index is 1.62. The summed E-state index contributed by atoms with van der Waals surface area (Å²) in [6, 6.07) is 10.6. The number of ether oxygens (including phenoxy) is 2. The topological polar surface area (TPSA) is 50.8 Å². The van der Waals surface area contributed by atoms with Crippen molar-refractivity contribution in [1.82, 2.24) is 10.2 Å². The average Bonchev–Trinajstić information content (AvgIpc) is 2.58. The maximum absolute atomic E-state index is 12.2. The van der Waals surface area contributed by atoms with E-state index in [1.807, 2.05) is 6.07 Å². The van der Waals surface area contributed by atoms with Gasteiger partial charge in [-0.2, -0.15) is 0 Å². The van der Waals surface area contributed by atoms with E-state index < -0.39 is 0 Å². The largest absolute Gasteiger partial charge is 0.359 e. The van der Waals surface area contributed by atoms with E-state index >= 15 is 0 Å². The fraction of sp³-hybridized carbons (Fsp3) is 0.611. The summed E-state index contributed by atoms with van der Waals surface area (Å²) in [5.74, 6) is 0.0183. The SMILES string of the molecule is COCO[C@@H]1C(=O)NCCC12CCN(Cc1ccccc1)CC2. The lowest BCUT2D eigenvalue weighted by Gasteiger charge is -2.47. The maximum atomic E-state index is 12.2. The van der Waals surface area contributed by atoms with E-state index in [1.165, 1.54) is 5.56 Å². The van der Waals surface area contributed by atoms with Crippen LogP contribution in [0.1, 0.15) is 24.8 Å². The van der Waals surface area contributed by atoms with Crippen LogP contribution in [0.15, 0.2) is 30.3 Å². The van der Waals surface area contributed by atoms with Crippen molar-refractivity contribution < 1.29 is 14.3 Å². The summed E-state index contributed by atoms with van der Waals surface area (Å²) in [5, 5.41) is 2.93. The van der Waals surface area contributed by atoms with Gasteiger partial charge in [-0.25, -0.2) is 0 Å². The molecule has 2 heterocycles. The molecule has 0 radical (unpaired) electrons. The molecule has 1 aromatic rings. The van der Waals surface area contributed by atoms with E-state index in [9.17, 15) is 4.79 Å². The number of benzene rings is 1. The number of methoxy groups -OCH3 is 1. The van der Waals surface area contributed by atoms with Crippen molar-refractivity contribution >= 4 is 5.91 Å². The number of rotatable bonds is 5. The molecule has 1 aromatic carbocycles. The highest BCUT2D eigenvalue weighted by atomic mass is 16.7. The quantitative estimate of drug-likeness (QED) is 0.841. The van der Waals surface area contributed by atoms with Crippen molar-refractivity contribution in [3.63, 3.8) is 0 Å². The Morgan fingerprint density at radius 2 is 1.96 bits per heavy atom. The van der Waals surface area contributed by atoms with E-state index in [2.05, 4.69) is 34.5 Å². The van der Waals surface area contributed by atoms with E-state index in [4.69, 9.17) is 9.47 Å². The normalized spacial score (nSPS) is 24.6. The van der Waals surface area contributed by atoms with Gasteiger partial charge in [-0.3, -0.25) is 9.69 Å². The first-order valence-electron chi connectivity index (χ1n) is 8.38. The molecule has 0 bridgehead atoms. The van der Waals surface area contributed by atoms with Gasteiger partial charge in [0.1, 0.15) is 12.9 Å². The average molecular weight is 318 g/mol. The molecule has 2 fully saturated rings. The molecule has 0 saturated carbocycles. The molecule has 2 aliphatic rings. The van der Waals surface area contributed by atoms with Crippen LogP contribution in [0.4, 0.5) is 0 Å². The summed E-state index contributed by atoms with van der Waals surface area (Å²) < 4.78 is 10.8. The molecule has 3 rings (SSSR count). The van der Waals surface area contributed by atoms with Crippen molar-refractivity contribution in [2.24, 2.45) is 5.41 Å². The van der Waals surface area contributed by atoms with Gasteiger partial charge in [0, 0.05) is 25.6 Å². The molecule has 1 amide bonds. The van der Waals surface area contributed by atoms with Gasteiger partial charge in [0.15, 0.2) is 0 Å². The minimum absolute atomic E-state index is 0.0183. The van der Waals surface area contributed by atoms with Crippen LogP contribution in [0, 0.1) is 5.41 Å². The van der Waals surface area contributed by atoms with Gasteiger partial charge in [0.25, 0.3) is 0 Å². The molecule has 5 nitrogen and oxygen atoms in total. The van der Waals surface area contributed by atoms with E-state index in [-0.39, 0.29) is 24.2 Å². The third kappa shape index (κ3) is 3.74. The Bertz CT molecular complexity index is 512. The first-order chi connectivity index (χ1) is 11.2. The summed E-state index contributed by atoms with van der Waals surface area (Å²) in [7, 11) is 1.59. The monoisotopic (exact) mass is 318 g/mol. The highest BCUT2D eigenvalue weighted by Crippen LogP contribution is 2.41. The summed E-state index contributed by atoms with van der Waals surface area (Å²) >= 11 is 0. The zero-order valence-corrected chi connectivity index (χ0v) is 13.8. The second-order valence-corrected chi connectivity index (χ2v) is 6.62. The number of nitrogens with one attached hydrogen (secondary N) is 1. The number of amides is 1. The Kier molecular flexibility index (Phi) is 5.30. The number of nitrogens with zero attached hydrogens (tertiary/aromatic N) is 1. The van der Waals surface area contributed by atoms with Crippen molar-refractivity contribution in [3.8, 4) is 0 Å². The molecule has 5 heteroatoms. The molecule has 0 aliphatic carbocycles. The third-order valence-corrected chi connectivity index (χ3v) is 5.17. The second-order valence-electron chi connectivity index (χ2n) is 6.62. The van der Waals surface area contributed by atoms with Gasteiger partial charge < -0.3 is 14.8 Å². The minimum Gasteiger partial charge on any atom is -0.359 e. The van der Waals surface area contributed by atoms with Gasteiger partial charge in [-0.1, -0.05) is 30.3 Å². The van der Waals surface area contributed by atoms with E-state index in [0.717, 1.165) is 45.4 Å².